The molecule has 0 bridgehead atoms. The number of halogens is 1. The highest BCUT2D eigenvalue weighted by Gasteiger charge is 2.14. The van der Waals surface area contributed by atoms with Crippen LogP contribution in [0, 0.1) is 0 Å². The topological polar surface area (TPSA) is 45.6 Å². The van der Waals surface area contributed by atoms with Gasteiger partial charge in [-0.2, -0.15) is 5.10 Å². The maximum atomic E-state index is 5.51. The Morgan fingerprint density at radius 3 is 2.95 bits per heavy atom. The lowest BCUT2D eigenvalue weighted by Crippen LogP contribution is -2.37. The molecule has 1 aliphatic heterocycles. The SMILES string of the molecule is S=C(NCC1CCCO1)N/N=C/C(Br)=C/c1ccccc1. The van der Waals surface area contributed by atoms with E-state index in [1.807, 2.05) is 36.4 Å². The number of nitrogens with zero attached hydrogens (tertiary/aromatic N) is 1. The summed E-state index contributed by atoms with van der Waals surface area (Å²) in [7, 11) is 0. The predicted octanol–water partition coefficient (Wildman–Crippen LogP) is 3.05. The van der Waals surface area contributed by atoms with Gasteiger partial charge in [-0.25, -0.2) is 0 Å². The van der Waals surface area contributed by atoms with Crippen LogP contribution >= 0.6 is 28.1 Å². The highest BCUT2D eigenvalue weighted by molar-refractivity contribution is 9.12. The summed E-state index contributed by atoms with van der Waals surface area (Å²) in [5.41, 5.74) is 3.89. The lowest BCUT2D eigenvalue weighted by Gasteiger charge is -2.11. The van der Waals surface area contributed by atoms with Crippen molar-refractivity contribution in [3.63, 3.8) is 0 Å². The summed E-state index contributed by atoms with van der Waals surface area (Å²) < 4.78 is 6.37. The Bertz CT molecular complexity index is 513. The van der Waals surface area contributed by atoms with Gasteiger partial charge < -0.3 is 10.1 Å². The zero-order valence-corrected chi connectivity index (χ0v) is 14.0. The van der Waals surface area contributed by atoms with Gasteiger partial charge in [0.15, 0.2) is 5.11 Å². The van der Waals surface area contributed by atoms with E-state index < -0.39 is 0 Å². The van der Waals surface area contributed by atoms with Gasteiger partial charge >= 0.3 is 0 Å². The molecule has 0 radical (unpaired) electrons. The van der Waals surface area contributed by atoms with Crippen LogP contribution in [0.2, 0.25) is 0 Å². The van der Waals surface area contributed by atoms with Crippen molar-refractivity contribution in [1.29, 1.82) is 0 Å². The van der Waals surface area contributed by atoms with Gasteiger partial charge in [0, 0.05) is 17.6 Å². The molecule has 1 saturated heterocycles. The average Bonchev–Trinajstić information content (AvgIpc) is 2.99. The molecule has 2 rings (SSSR count). The number of ether oxygens (including phenoxy) is 1. The number of rotatable bonds is 5. The molecule has 0 saturated carbocycles. The normalized spacial score (nSPS) is 18.9. The highest BCUT2D eigenvalue weighted by Crippen LogP contribution is 2.10. The first-order chi connectivity index (χ1) is 10.2. The third-order valence-electron chi connectivity index (χ3n) is 2.97. The molecule has 0 spiro atoms. The number of hydrogen-bond acceptors (Lipinski definition) is 3. The van der Waals surface area contributed by atoms with Crippen LogP contribution in [0.5, 0.6) is 0 Å². The maximum Gasteiger partial charge on any atom is 0.187 e. The van der Waals surface area contributed by atoms with Gasteiger partial charge in [0.25, 0.3) is 0 Å². The fraction of sp³-hybridized carbons (Fsp3) is 0.333. The highest BCUT2D eigenvalue weighted by atomic mass is 79.9. The second-order valence-electron chi connectivity index (χ2n) is 4.65. The Kier molecular flexibility index (Phi) is 6.85. The van der Waals surface area contributed by atoms with Crippen molar-refractivity contribution < 1.29 is 4.74 Å². The second kappa shape index (κ2) is 8.92. The molecule has 4 nitrogen and oxygen atoms in total. The van der Waals surface area contributed by atoms with Crippen LogP contribution < -0.4 is 10.7 Å². The van der Waals surface area contributed by atoms with Gasteiger partial charge in [-0.05, 0) is 52.6 Å². The molecule has 0 aliphatic carbocycles. The molecule has 1 atom stereocenters. The fourth-order valence-electron chi connectivity index (χ4n) is 1.95. The Morgan fingerprint density at radius 1 is 1.43 bits per heavy atom. The van der Waals surface area contributed by atoms with Crippen molar-refractivity contribution in [1.82, 2.24) is 10.7 Å². The van der Waals surface area contributed by atoms with E-state index in [0.29, 0.717) is 5.11 Å². The molecule has 1 aromatic rings. The summed E-state index contributed by atoms with van der Waals surface area (Å²) >= 11 is 8.59. The monoisotopic (exact) mass is 367 g/mol. The van der Waals surface area contributed by atoms with Crippen molar-refractivity contribution in [2.24, 2.45) is 5.10 Å². The van der Waals surface area contributed by atoms with Crippen LogP contribution in [0.3, 0.4) is 0 Å². The van der Waals surface area contributed by atoms with Crippen molar-refractivity contribution >= 4 is 45.6 Å². The number of benzene rings is 1. The predicted molar refractivity (Wildman–Crippen MR) is 94.5 cm³/mol. The number of allylic oxidation sites excluding steroid dienone is 1. The summed E-state index contributed by atoms with van der Waals surface area (Å²) in [5.74, 6) is 0. The molecule has 1 fully saturated rings. The van der Waals surface area contributed by atoms with E-state index in [1.165, 1.54) is 0 Å². The number of hydrogen-bond donors (Lipinski definition) is 2. The number of hydrazone groups is 1. The molecule has 2 N–H and O–H groups in total. The van der Waals surface area contributed by atoms with Gasteiger partial charge in [-0.15, -0.1) is 0 Å². The number of thiocarbonyl (C=S) groups is 1. The maximum absolute atomic E-state index is 5.51. The smallest absolute Gasteiger partial charge is 0.187 e. The van der Waals surface area contributed by atoms with Gasteiger partial charge in [-0.1, -0.05) is 30.3 Å². The summed E-state index contributed by atoms with van der Waals surface area (Å²) in [4.78, 5) is 0. The summed E-state index contributed by atoms with van der Waals surface area (Å²) in [6, 6.07) is 10.0. The first kappa shape index (κ1) is 16.1. The first-order valence-electron chi connectivity index (χ1n) is 6.85. The van der Waals surface area contributed by atoms with Gasteiger partial charge in [0.05, 0.1) is 12.3 Å². The van der Waals surface area contributed by atoms with E-state index >= 15 is 0 Å². The van der Waals surface area contributed by atoms with Crippen molar-refractivity contribution in [2.75, 3.05) is 13.2 Å². The lowest BCUT2D eigenvalue weighted by atomic mass is 10.2. The standard InChI is InChI=1S/C15H18BrN3OS/c16-13(9-12-5-2-1-3-6-12)10-18-19-15(21)17-11-14-7-4-8-20-14/h1-3,5-6,9-10,14H,4,7-8,11H2,(H2,17,19,21)/b13-9-,18-10+. The molecule has 1 aliphatic rings. The fourth-order valence-corrected chi connectivity index (χ4v) is 2.45. The van der Waals surface area contributed by atoms with Crippen LogP contribution in [0.1, 0.15) is 18.4 Å². The Balaban J connectivity index is 1.71. The van der Waals surface area contributed by atoms with E-state index in [2.05, 4.69) is 31.8 Å². The minimum Gasteiger partial charge on any atom is -0.376 e. The third kappa shape index (κ3) is 6.37. The van der Waals surface area contributed by atoms with Gasteiger partial charge in [0.1, 0.15) is 0 Å². The van der Waals surface area contributed by atoms with E-state index in [-0.39, 0.29) is 6.10 Å². The van der Waals surface area contributed by atoms with Crippen molar-refractivity contribution in [3.05, 3.63) is 40.4 Å². The average molecular weight is 368 g/mol. The summed E-state index contributed by atoms with van der Waals surface area (Å²) in [6.07, 6.45) is 6.13. The summed E-state index contributed by atoms with van der Waals surface area (Å²) in [6.45, 7) is 1.57. The number of nitrogens with one attached hydrogen (secondary N) is 2. The van der Waals surface area contributed by atoms with E-state index in [4.69, 9.17) is 17.0 Å². The van der Waals surface area contributed by atoms with E-state index in [9.17, 15) is 0 Å². The molecule has 1 unspecified atom stereocenters. The first-order valence-corrected chi connectivity index (χ1v) is 8.05. The lowest BCUT2D eigenvalue weighted by molar-refractivity contribution is 0.114. The summed E-state index contributed by atoms with van der Waals surface area (Å²) in [5, 5.41) is 7.67. The van der Waals surface area contributed by atoms with Crippen molar-refractivity contribution in [2.45, 2.75) is 18.9 Å². The zero-order chi connectivity index (χ0) is 14.9. The molecular formula is C15H18BrN3OS. The minimum atomic E-state index is 0.262. The van der Waals surface area contributed by atoms with Crippen LogP contribution in [0.15, 0.2) is 39.9 Å². The quantitative estimate of drug-likeness (QED) is 0.477. The van der Waals surface area contributed by atoms with Gasteiger partial charge in [-0.3, -0.25) is 5.43 Å². The van der Waals surface area contributed by atoms with Crippen LogP contribution in [-0.4, -0.2) is 30.6 Å². The molecule has 1 heterocycles. The zero-order valence-electron chi connectivity index (χ0n) is 11.6. The van der Waals surface area contributed by atoms with Crippen LogP contribution in [0.25, 0.3) is 6.08 Å². The Hall–Kier alpha value is -1.24. The molecular weight excluding hydrogens is 350 g/mol. The molecule has 0 aromatic heterocycles. The van der Waals surface area contributed by atoms with Crippen LogP contribution in [-0.2, 0) is 4.74 Å². The van der Waals surface area contributed by atoms with Crippen molar-refractivity contribution in [3.8, 4) is 0 Å². The molecule has 21 heavy (non-hydrogen) atoms. The third-order valence-corrected chi connectivity index (χ3v) is 3.64. The molecule has 6 heteroatoms. The largest absolute Gasteiger partial charge is 0.376 e. The molecule has 1 aromatic carbocycles. The van der Waals surface area contributed by atoms with Gasteiger partial charge in [0.2, 0.25) is 0 Å². The van der Waals surface area contributed by atoms with Crippen LogP contribution in [0.4, 0.5) is 0 Å². The molecule has 112 valence electrons. The minimum absolute atomic E-state index is 0.262. The molecule has 0 amide bonds. The van der Waals surface area contributed by atoms with E-state index in [0.717, 1.165) is 36.0 Å². The Labute approximate surface area is 138 Å². The van der Waals surface area contributed by atoms with E-state index in [1.54, 1.807) is 6.21 Å². The Morgan fingerprint density at radius 2 is 2.24 bits per heavy atom. The second-order valence-corrected chi connectivity index (χ2v) is 5.98.